The maximum absolute atomic E-state index is 12.2. The minimum atomic E-state index is 0.0495. The van der Waals surface area contributed by atoms with Crippen molar-refractivity contribution in [2.45, 2.75) is 32.1 Å². The molecular formula is C15H16ClNO. The van der Waals surface area contributed by atoms with Gasteiger partial charge in [-0.15, -0.1) is 0 Å². The number of benzene rings is 1. The Morgan fingerprint density at radius 3 is 2.94 bits per heavy atom. The summed E-state index contributed by atoms with van der Waals surface area (Å²) in [6.07, 6.45) is 4.76. The van der Waals surface area contributed by atoms with Gasteiger partial charge in [-0.05, 0) is 42.5 Å². The van der Waals surface area contributed by atoms with Gasteiger partial charge >= 0.3 is 0 Å². The molecule has 1 N–H and O–H groups in total. The Morgan fingerprint density at radius 1 is 1.33 bits per heavy atom. The number of hydrogen-bond acceptors (Lipinski definition) is 1. The highest BCUT2D eigenvalue weighted by atomic mass is 35.5. The van der Waals surface area contributed by atoms with E-state index in [4.69, 9.17) is 11.6 Å². The van der Waals surface area contributed by atoms with Crippen molar-refractivity contribution in [3.8, 4) is 0 Å². The average Bonchev–Trinajstić information content (AvgIpc) is 2.72. The third-order valence-corrected chi connectivity index (χ3v) is 4.17. The zero-order valence-electron chi connectivity index (χ0n) is 10.4. The van der Waals surface area contributed by atoms with E-state index in [0.717, 1.165) is 34.3 Å². The molecule has 2 nitrogen and oxygen atoms in total. The number of carbonyl (C=O) groups excluding carboxylic acids is 1. The summed E-state index contributed by atoms with van der Waals surface area (Å²) < 4.78 is 0. The lowest BCUT2D eigenvalue weighted by Gasteiger charge is -2.24. The number of hydrogen-bond donors (Lipinski definition) is 1. The molecule has 2 aromatic rings. The molecule has 1 saturated carbocycles. The fourth-order valence-electron chi connectivity index (χ4n) is 2.93. The van der Waals surface area contributed by atoms with Crippen LogP contribution in [-0.2, 0) is 4.79 Å². The second-order valence-corrected chi connectivity index (χ2v) is 5.78. The molecule has 94 valence electrons. The standard InChI is InChI=1S/C15H16ClNO/c1-9-2-4-11(15(18)6-9)13-8-17-14-5-3-10(16)7-12(13)14/h3,5,7-9,11,17H,2,4,6H2,1H3/t9-,11-/m0/s1. The number of rotatable bonds is 1. The van der Waals surface area contributed by atoms with Crippen LogP contribution < -0.4 is 0 Å². The second kappa shape index (κ2) is 4.43. The van der Waals surface area contributed by atoms with E-state index in [1.807, 2.05) is 24.4 Å². The van der Waals surface area contributed by atoms with Crippen molar-refractivity contribution in [3.05, 3.63) is 35.0 Å². The molecule has 2 atom stereocenters. The zero-order chi connectivity index (χ0) is 12.7. The van der Waals surface area contributed by atoms with Crippen molar-refractivity contribution in [3.63, 3.8) is 0 Å². The van der Waals surface area contributed by atoms with Crippen molar-refractivity contribution >= 4 is 28.3 Å². The van der Waals surface area contributed by atoms with Gasteiger partial charge in [-0.3, -0.25) is 4.79 Å². The van der Waals surface area contributed by atoms with Crippen LogP contribution in [0.5, 0.6) is 0 Å². The van der Waals surface area contributed by atoms with E-state index < -0.39 is 0 Å². The van der Waals surface area contributed by atoms with Gasteiger partial charge in [0.05, 0.1) is 0 Å². The van der Waals surface area contributed by atoms with Crippen molar-refractivity contribution in [1.29, 1.82) is 0 Å². The molecule has 1 aliphatic carbocycles. The van der Waals surface area contributed by atoms with Crippen LogP contribution in [0.15, 0.2) is 24.4 Å². The Hall–Kier alpha value is -1.28. The monoisotopic (exact) mass is 261 g/mol. The Bertz CT molecular complexity index is 602. The van der Waals surface area contributed by atoms with Gasteiger partial charge in [0, 0.05) is 34.5 Å². The van der Waals surface area contributed by atoms with Gasteiger partial charge in [-0.2, -0.15) is 0 Å². The summed E-state index contributed by atoms with van der Waals surface area (Å²) in [5, 5.41) is 1.82. The predicted octanol–water partition coefficient (Wildman–Crippen LogP) is 4.29. The lowest BCUT2D eigenvalue weighted by atomic mass is 9.78. The summed E-state index contributed by atoms with van der Waals surface area (Å²) in [5.74, 6) is 0.950. The Balaban J connectivity index is 2.04. The minimum absolute atomic E-state index is 0.0495. The van der Waals surface area contributed by atoms with E-state index in [1.165, 1.54) is 0 Å². The van der Waals surface area contributed by atoms with E-state index in [-0.39, 0.29) is 5.92 Å². The van der Waals surface area contributed by atoms with Crippen molar-refractivity contribution in [2.75, 3.05) is 0 Å². The first-order chi connectivity index (χ1) is 8.65. The fourth-order valence-corrected chi connectivity index (χ4v) is 3.10. The maximum atomic E-state index is 12.2. The highest BCUT2D eigenvalue weighted by molar-refractivity contribution is 6.31. The van der Waals surface area contributed by atoms with E-state index in [2.05, 4.69) is 11.9 Å². The normalized spacial score (nSPS) is 24.7. The number of carbonyl (C=O) groups is 1. The Morgan fingerprint density at radius 2 is 2.17 bits per heavy atom. The Kier molecular flexibility index (Phi) is 2.90. The molecule has 1 aliphatic rings. The van der Waals surface area contributed by atoms with Gasteiger partial charge in [0.15, 0.2) is 0 Å². The zero-order valence-corrected chi connectivity index (χ0v) is 11.1. The summed E-state index contributed by atoms with van der Waals surface area (Å²) in [4.78, 5) is 15.4. The first-order valence-corrected chi connectivity index (χ1v) is 6.82. The lowest BCUT2D eigenvalue weighted by molar-refractivity contribution is -0.122. The number of aromatic amines is 1. The van der Waals surface area contributed by atoms with Crippen LogP contribution >= 0.6 is 11.6 Å². The number of halogens is 1. The number of H-pyrrole nitrogens is 1. The van der Waals surface area contributed by atoms with E-state index in [1.54, 1.807) is 0 Å². The van der Waals surface area contributed by atoms with Gasteiger partial charge in [-0.1, -0.05) is 18.5 Å². The smallest absolute Gasteiger partial charge is 0.140 e. The molecule has 18 heavy (non-hydrogen) atoms. The maximum Gasteiger partial charge on any atom is 0.140 e. The Labute approximate surface area is 111 Å². The van der Waals surface area contributed by atoms with Gasteiger partial charge < -0.3 is 4.98 Å². The summed E-state index contributed by atoms with van der Waals surface area (Å²) in [7, 11) is 0. The molecule has 3 rings (SSSR count). The molecule has 1 fully saturated rings. The molecular weight excluding hydrogens is 246 g/mol. The average molecular weight is 262 g/mol. The van der Waals surface area contributed by atoms with Gasteiger partial charge in [0.1, 0.15) is 5.78 Å². The molecule has 0 amide bonds. The van der Waals surface area contributed by atoms with Crippen LogP contribution in [0.25, 0.3) is 10.9 Å². The van der Waals surface area contributed by atoms with Crippen molar-refractivity contribution in [1.82, 2.24) is 4.98 Å². The van der Waals surface area contributed by atoms with Crippen LogP contribution in [0.2, 0.25) is 5.02 Å². The molecule has 0 unspecified atom stereocenters. The first kappa shape index (κ1) is 11.8. The number of nitrogens with one attached hydrogen (secondary N) is 1. The molecule has 0 bridgehead atoms. The summed E-state index contributed by atoms with van der Waals surface area (Å²) in [5.41, 5.74) is 2.17. The third kappa shape index (κ3) is 1.95. The second-order valence-electron chi connectivity index (χ2n) is 5.34. The summed E-state index contributed by atoms with van der Waals surface area (Å²) in [6, 6.07) is 5.79. The van der Waals surface area contributed by atoms with Crippen LogP contribution in [0, 0.1) is 5.92 Å². The van der Waals surface area contributed by atoms with Crippen LogP contribution in [0.4, 0.5) is 0 Å². The van der Waals surface area contributed by atoms with Crippen molar-refractivity contribution in [2.24, 2.45) is 5.92 Å². The molecule has 1 heterocycles. The number of aromatic nitrogens is 1. The predicted molar refractivity (Wildman–Crippen MR) is 74.1 cm³/mol. The highest BCUT2D eigenvalue weighted by Crippen LogP contribution is 2.36. The van der Waals surface area contributed by atoms with Gasteiger partial charge in [0.25, 0.3) is 0 Å². The number of fused-ring (bicyclic) bond motifs is 1. The minimum Gasteiger partial charge on any atom is -0.361 e. The molecule has 0 radical (unpaired) electrons. The SMILES string of the molecule is C[C@H]1CC[C@@H](c2c[nH]c3ccc(Cl)cc23)C(=O)C1. The van der Waals surface area contributed by atoms with Gasteiger partial charge in [0.2, 0.25) is 0 Å². The number of ketones is 1. The van der Waals surface area contributed by atoms with E-state index in [9.17, 15) is 4.79 Å². The topological polar surface area (TPSA) is 32.9 Å². The molecule has 3 heteroatoms. The van der Waals surface area contributed by atoms with E-state index >= 15 is 0 Å². The van der Waals surface area contributed by atoms with Crippen LogP contribution in [-0.4, -0.2) is 10.8 Å². The fraction of sp³-hybridized carbons (Fsp3) is 0.400. The largest absolute Gasteiger partial charge is 0.361 e. The lowest BCUT2D eigenvalue weighted by Crippen LogP contribution is -2.21. The molecule has 1 aromatic heterocycles. The van der Waals surface area contributed by atoms with E-state index in [0.29, 0.717) is 18.1 Å². The quantitative estimate of drug-likeness (QED) is 0.816. The molecule has 0 saturated heterocycles. The van der Waals surface area contributed by atoms with Crippen molar-refractivity contribution < 1.29 is 4.79 Å². The molecule has 1 aromatic carbocycles. The molecule has 0 aliphatic heterocycles. The number of Topliss-reactive ketones (excluding diaryl/α,β-unsaturated/α-hetero) is 1. The van der Waals surface area contributed by atoms with Crippen LogP contribution in [0.1, 0.15) is 37.7 Å². The third-order valence-electron chi connectivity index (χ3n) is 3.94. The summed E-state index contributed by atoms with van der Waals surface area (Å²) in [6.45, 7) is 2.15. The van der Waals surface area contributed by atoms with Gasteiger partial charge in [-0.25, -0.2) is 0 Å². The highest BCUT2D eigenvalue weighted by Gasteiger charge is 2.29. The summed E-state index contributed by atoms with van der Waals surface area (Å²) >= 11 is 6.05. The van der Waals surface area contributed by atoms with Crippen LogP contribution in [0.3, 0.4) is 0 Å². The molecule has 0 spiro atoms. The first-order valence-electron chi connectivity index (χ1n) is 6.44.